The summed E-state index contributed by atoms with van der Waals surface area (Å²) in [5.41, 5.74) is 2.67. The van der Waals surface area contributed by atoms with Gasteiger partial charge in [0.2, 0.25) is 0 Å². The third-order valence-electron chi connectivity index (χ3n) is 3.51. The molecule has 0 atom stereocenters. The van der Waals surface area contributed by atoms with E-state index < -0.39 is 0 Å². The van der Waals surface area contributed by atoms with Gasteiger partial charge in [0.15, 0.2) is 0 Å². The first-order chi connectivity index (χ1) is 11.8. The Bertz CT molecular complexity index is 762. The van der Waals surface area contributed by atoms with E-state index in [2.05, 4.69) is 6.07 Å². The minimum Gasteiger partial charge on any atom is -0.489 e. The standard InChI is InChI=1S/C21H17NO2/c22-14-19-11-20(23-15-17-7-3-1-4-8-17)13-21(12-19)24-16-18-9-5-2-6-10-18/h1-13H,15-16H2. The van der Waals surface area contributed by atoms with Crippen LogP contribution in [-0.4, -0.2) is 0 Å². The minimum absolute atomic E-state index is 0.452. The summed E-state index contributed by atoms with van der Waals surface area (Å²) in [4.78, 5) is 0. The van der Waals surface area contributed by atoms with Crippen LogP contribution in [0.15, 0.2) is 78.9 Å². The highest BCUT2D eigenvalue weighted by Crippen LogP contribution is 2.24. The van der Waals surface area contributed by atoms with Gasteiger partial charge < -0.3 is 9.47 Å². The second-order valence-electron chi connectivity index (χ2n) is 5.35. The van der Waals surface area contributed by atoms with Crippen molar-refractivity contribution in [1.82, 2.24) is 0 Å². The highest BCUT2D eigenvalue weighted by Gasteiger charge is 2.04. The van der Waals surface area contributed by atoms with E-state index in [0.29, 0.717) is 30.3 Å². The van der Waals surface area contributed by atoms with Crippen LogP contribution in [0.5, 0.6) is 11.5 Å². The Hall–Kier alpha value is -3.25. The summed E-state index contributed by atoms with van der Waals surface area (Å²) >= 11 is 0. The Kier molecular flexibility index (Phi) is 5.11. The third kappa shape index (κ3) is 4.37. The maximum absolute atomic E-state index is 9.20. The second-order valence-corrected chi connectivity index (χ2v) is 5.35. The normalized spacial score (nSPS) is 9.96. The van der Waals surface area contributed by atoms with Crippen molar-refractivity contribution in [3.05, 3.63) is 95.6 Å². The lowest BCUT2D eigenvalue weighted by Gasteiger charge is -2.11. The Balaban J connectivity index is 1.69. The molecule has 3 aromatic rings. The maximum Gasteiger partial charge on any atom is 0.124 e. The predicted molar refractivity (Wildman–Crippen MR) is 92.7 cm³/mol. The molecule has 0 N–H and O–H groups in total. The van der Waals surface area contributed by atoms with E-state index in [0.717, 1.165) is 11.1 Å². The molecule has 24 heavy (non-hydrogen) atoms. The molecule has 0 aliphatic carbocycles. The molecule has 0 bridgehead atoms. The van der Waals surface area contributed by atoms with Crippen LogP contribution in [0.3, 0.4) is 0 Å². The molecule has 0 saturated carbocycles. The lowest BCUT2D eigenvalue weighted by Crippen LogP contribution is -1.98. The average molecular weight is 315 g/mol. The van der Waals surface area contributed by atoms with Crippen molar-refractivity contribution >= 4 is 0 Å². The van der Waals surface area contributed by atoms with Gasteiger partial charge in [0.05, 0.1) is 11.6 Å². The first kappa shape index (κ1) is 15.6. The van der Waals surface area contributed by atoms with E-state index in [1.807, 2.05) is 66.7 Å². The average Bonchev–Trinajstić information content (AvgIpc) is 2.66. The van der Waals surface area contributed by atoms with Gasteiger partial charge in [-0.2, -0.15) is 5.26 Å². The zero-order valence-electron chi connectivity index (χ0n) is 13.2. The van der Waals surface area contributed by atoms with E-state index in [1.54, 1.807) is 12.1 Å². The number of rotatable bonds is 6. The van der Waals surface area contributed by atoms with Crippen LogP contribution >= 0.6 is 0 Å². The van der Waals surface area contributed by atoms with Gasteiger partial charge in [-0.05, 0) is 23.3 Å². The molecule has 0 spiro atoms. The number of hydrogen-bond donors (Lipinski definition) is 0. The number of nitriles is 1. The van der Waals surface area contributed by atoms with Crippen LogP contribution in [0.1, 0.15) is 16.7 Å². The zero-order chi connectivity index (χ0) is 16.6. The van der Waals surface area contributed by atoms with Crippen molar-refractivity contribution in [3.8, 4) is 17.6 Å². The molecule has 0 saturated heterocycles. The molecule has 0 fully saturated rings. The molecule has 0 radical (unpaired) electrons. The Morgan fingerprint density at radius 1 is 0.667 bits per heavy atom. The summed E-state index contributed by atoms with van der Waals surface area (Å²) in [6.45, 7) is 0.904. The Morgan fingerprint density at radius 2 is 1.12 bits per heavy atom. The van der Waals surface area contributed by atoms with Crippen LogP contribution < -0.4 is 9.47 Å². The van der Waals surface area contributed by atoms with Crippen molar-refractivity contribution in [2.24, 2.45) is 0 Å². The van der Waals surface area contributed by atoms with Gasteiger partial charge in [-0.25, -0.2) is 0 Å². The molecule has 3 nitrogen and oxygen atoms in total. The lowest BCUT2D eigenvalue weighted by atomic mass is 10.2. The highest BCUT2D eigenvalue weighted by molar-refractivity contribution is 5.44. The van der Waals surface area contributed by atoms with Crippen LogP contribution in [0, 0.1) is 11.3 Å². The topological polar surface area (TPSA) is 42.2 Å². The molecule has 3 aromatic carbocycles. The molecule has 118 valence electrons. The summed E-state index contributed by atoms with van der Waals surface area (Å²) in [5, 5.41) is 9.20. The first-order valence-corrected chi connectivity index (χ1v) is 7.72. The molecule has 0 aliphatic heterocycles. The van der Waals surface area contributed by atoms with E-state index in [9.17, 15) is 5.26 Å². The first-order valence-electron chi connectivity index (χ1n) is 7.72. The van der Waals surface area contributed by atoms with Gasteiger partial charge in [0, 0.05) is 6.07 Å². The second kappa shape index (κ2) is 7.85. The van der Waals surface area contributed by atoms with Gasteiger partial charge >= 0.3 is 0 Å². The van der Waals surface area contributed by atoms with Gasteiger partial charge in [0.25, 0.3) is 0 Å². The smallest absolute Gasteiger partial charge is 0.124 e. The van der Waals surface area contributed by atoms with E-state index in [1.165, 1.54) is 0 Å². The van der Waals surface area contributed by atoms with Crippen molar-refractivity contribution in [1.29, 1.82) is 5.26 Å². The molecule has 0 heterocycles. The number of ether oxygens (including phenoxy) is 2. The minimum atomic E-state index is 0.452. The summed E-state index contributed by atoms with van der Waals surface area (Å²) in [7, 11) is 0. The lowest BCUT2D eigenvalue weighted by molar-refractivity contribution is 0.290. The van der Waals surface area contributed by atoms with Crippen LogP contribution in [0.2, 0.25) is 0 Å². The van der Waals surface area contributed by atoms with Crippen molar-refractivity contribution in [3.63, 3.8) is 0 Å². The molecular weight excluding hydrogens is 298 g/mol. The molecule has 0 aromatic heterocycles. The van der Waals surface area contributed by atoms with Crippen LogP contribution in [0.25, 0.3) is 0 Å². The molecule has 0 unspecified atom stereocenters. The van der Waals surface area contributed by atoms with Gasteiger partial charge in [-0.3, -0.25) is 0 Å². The predicted octanol–water partition coefficient (Wildman–Crippen LogP) is 4.72. The molecule has 0 amide bonds. The molecule has 0 aliphatic rings. The van der Waals surface area contributed by atoms with E-state index in [4.69, 9.17) is 9.47 Å². The number of nitrogens with zero attached hydrogens (tertiary/aromatic N) is 1. The summed E-state index contributed by atoms with van der Waals surface area (Å²) in [6.07, 6.45) is 0. The van der Waals surface area contributed by atoms with E-state index in [-0.39, 0.29) is 0 Å². The van der Waals surface area contributed by atoms with Crippen molar-refractivity contribution < 1.29 is 9.47 Å². The van der Waals surface area contributed by atoms with Gasteiger partial charge in [-0.1, -0.05) is 60.7 Å². The fraction of sp³-hybridized carbons (Fsp3) is 0.0952. The number of benzene rings is 3. The Labute approximate surface area is 141 Å². The monoisotopic (exact) mass is 315 g/mol. The van der Waals surface area contributed by atoms with Crippen molar-refractivity contribution in [2.75, 3.05) is 0 Å². The quantitative estimate of drug-likeness (QED) is 0.661. The third-order valence-corrected chi connectivity index (χ3v) is 3.51. The summed E-state index contributed by atoms with van der Waals surface area (Å²) in [6, 6.07) is 27.2. The van der Waals surface area contributed by atoms with Crippen LogP contribution in [-0.2, 0) is 13.2 Å². The fourth-order valence-corrected chi connectivity index (χ4v) is 2.28. The maximum atomic E-state index is 9.20. The fourth-order valence-electron chi connectivity index (χ4n) is 2.28. The molecular formula is C21H17NO2. The molecule has 3 heteroatoms. The number of hydrogen-bond acceptors (Lipinski definition) is 3. The van der Waals surface area contributed by atoms with Gasteiger partial charge in [-0.15, -0.1) is 0 Å². The summed E-state index contributed by atoms with van der Waals surface area (Å²) < 4.78 is 11.6. The van der Waals surface area contributed by atoms with Crippen LogP contribution in [0.4, 0.5) is 0 Å². The summed E-state index contributed by atoms with van der Waals surface area (Å²) in [5.74, 6) is 1.25. The van der Waals surface area contributed by atoms with Crippen molar-refractivity contribution in [2.45, 2.75) is 13.2 Å². The Morgan fingerprint density at radius 3 is 1.54 bits per heavy atom. The van der Waals surface area contributed by atoms with E-state index >= 15 is 0 Å². The highest BCUT2D eigenvalue weighted by atomic mass is 16.5. The zero-order valence-corrected chi connectivity index (χ0v) is 13.2. The van der Waals surface area contributed by atoms with Gasteiger partial charge in [0.1, 0.15) is 24.7 Å². The molecule has 3 rings (SSSR count). The SMILES string of the molecule is N#Cc1cc(OCc2ccccc2)cc(OCc2ccccc2)c1. The largest absolute Gasteiger partial charge is 0.489 e.